The van der Waals surface area contributed by atoms with Crippen LogP contribution in [0.5, 0.6) is 0 Å². The SMILES string of the molecule is O=C(c1ccc(F)cc1)N1CCC[C@]2(CC[C@H]3O[C@H]3C2)C1. The molecular formula is C17H20FNO2. The molecule has 1 aliphatic carbocycles. The standard InChI is InChI=1S/C17H20FNO2/c18-13-4-2-12(3-5-13)16(20)19-9-1-7-17(11-19)8-6-14-15(10-17)21-14/h2-5,14-15H,1,6-11H2/t14-,15+,17-/m1/s1. The van der Waals surface area contributed by atoms with Gasteiger partial charge in [-0.15, -0.1) is 0 Å². The molecule has 3 atom stereocenters. The third-order valence-corrected chi connectivity index (χ3v) is 5.32. The van der Waals surface area contributed by atoms with Gasteiger partial charge >= 0.3 is 0 Å². The first kappa shape index (κ1) is 13.3. The van der Waals surface area contributed by atoms with Crippen molar-refractivity contribution < 1.29 is 13.9 Å². The molecule has 1 aromatic carbocycles. The summed E-state index contributed by atoms with van der Waals surface area (Å²) in [6, 6.07) is 5.88. The van der Waals surface area contributed by atoms with E-state index < -0.39 is 0 Å². The molecule has 21 heavy (non-hydrogen) atoms. The number of likely N-dealkylation sites (tertiary alicyclic amines) is 1. The van der Waals surface area contributed by atoms with E-state index in [4.69, 9.17) is 4.74 Å². The lowest BCUT2D eigenvalue weighted by atomic mass is 9.69. The van der Waals surface area contributed by atoms with Gasteiger partial charge in [0.1, 0.15) is 5.82 Å². The van der Waals surface area contributed by atoms with Crippen LogP contribution in [-0.4, -0.2) is 36.1 Å². The smallest absolute Gasteiger partial charge is 0.253 e. The second kappa shape index (κ2) is 4.80. The van der Waals surface area contributed by atoms with E-state index in [9.17, 15) is 9.18 Å². The Bertz CT molecular complexity index is 558. The van der Waals surface area contributed by atoms with Crippen molar-refractivity contribution in [1.82, 2.24) is 4.90 Å². The van der Waals surface area contributed by atoms with Crippen LogP contribution in [0.2, 0.25) is 0 Å². The topological polar surface area (TPSA) is 32.8 Å². The summed E-state index contributed by atoms with van der Waals surface area (Å²) in [5.74, 6) is -0.265. The Hall–Kier alpha value is -1.42. The van der Waals surface area contributed by atoms with Gasteiger partial charge in [-0.2, -0.15) is 0 Å². The number of carbonyl (C=O) groups is 1. The van der Waals surface area contributed by atoms with Gasteiger partial charge in [0.05, 0.1) is 12.2 Å². The number of benzene rings is 1. The van der Waals surface area contributed by atoms with Gasteiger partial charge < -0.3 is 9.64 Å². The van der Waals surface area contributed by atoms with E-state index in [-0.39, 0.29) is 17.1 Å². The zero-order valence-corrected chi connectivity index (χ0v) is 12.1. The normalized spacial score (nSPS) is 34.6. The number of nitrogens with zero attached hydrogens (tertiary/aromatic N) is 1. The molecule has 2 heterocycles. The summed E-state index contributed by atoms with van der Waals surface area (Å²) in [5, 5.41) is 0. The van der Waals surface area contributed by atoms with Crippen molar-refractivity contribution in [1.29, 1.82) is 0 Å². The second-order valence-electron chi connectivity index (χ2n) is 6.79. The molecule has 3 nitrogen and oxygen atoms in total. The van der Waals surface area contributed by atoms with Gasteiger partial charge in [-0.3, -0.25) is 4.79 Å². The molecule has 4 heteroatoms. The van der Waals surface area contributed by atoms with Crippen LogP contribution in [0.15, 0.2) is 24.3 Å². The van der Waals surface area contributed by atoms with Crippen LogP contribution in [0, 0.1) is 11.2 Å². The molecule has 0 bridgehead atoms. The number of rotatable bonds is 1. The van der Waals surface area contributed by atoms with E-state index in [0.29, 0.717) is 17.8 Å². The number of hydrogen-bond donors (Lipinski definition) is 0. The highest BCUT2D eigenvalue weighted by Gasteiger charge is 2.51. The molecule has 1 aromatic rings. The van der Waals surface area contributed by atoms with Crippen molar-refractivity contribution in [3.8, 4) is 0 Å². The molecule has 4 rings (SSSR count). The maximum absolute atomic E-state index is 13.0. The van der Waals surface area contributed by atoms with E-state index in [1.165, 1.54) is 25.0 Å². The van der Waals surface area contributed by atoms with Gasteiger partial charge in [0.2, 0.25) is 0 Å². The zero-order chi connectivity index (χ0) is 14.4. The summed E-state index contributed by atoms with van der Waals surface area (Å²) in [7, 11) is 0. The average Bonchev–Trinajstić information content (AvgIpc) is 3.25. The Morgan fingerprint density at radius 3 is 2.81 bits per heavy atom. The minimum atomic E-state index is -0.300. The van der Waals surface area contributed by atoms with Crippen LogP contribution in [0.1, 0.15) is 42.5 Å². The zero-order valence-electron chi connectivity index (χ0n) is 12.1. The fraction of sp³-hybridized carbons (Fsp3) is 0.588. The second-order valence-corrected chi connectivity index (χ2v) is 6.79. The van der Waals surface area contributed by atoms with Crippen LogP contribution < -0.4 is 0 Å². The Morgan fingerprint density at radius 2 is 2.05 bits per heavy atom. The maximum atomic E-state index is 13.0. The minimum Gasteiger partial charge on any atom is -0.370 e. The van der Waals surface area contributed by atoms with Gasteiger partial charge in [0.25, 0.3) is 5.91 Å². The number of carbonyl (C=O) groups excluding carboxylic acids is 1. The first-order chi connectivity index (χ1) is 10.2. The highest BCUT2D eigenvalue weighted by Crippen LogP contribution is 2.50. The first-order valence-corrected chi connectivity index (χ1v) is 7.86. The monoisotopic (exact) mass is 289 g/mol. The van der Waals surface area contributed by atoms with Crippen LogP contribution in [0.25, 0.3) is 0 Å². The number of epoxide rings is 1. The van der Waals surface area contributed by atoms with E-state index in [1.54, 1.807) is 12.1 Å². The molecule has 2 aliphatic heterocycles. The summed E-state index contributed by atoms with van der Waals surface area (Å²) >= 11 is 0. The lowest BCUT2D eigenvalue weighted by Gasteiger charge is -2.44. The number of amides is 1. The summed E-state index contributed by atoms with van der Waals surface area (Å²) < 4.78 is 18.6. The van der Waals surface area contributed by atoms with Gasteiger partial charge in [0.15, 0.2) is 0 Å². The van der Waals surface area contributed by atoms with E-state index in [2.05, 4.69) is 0 Å². The van der Waals surface area contributed by atoms with Crippen LogP contribution >= 0.6 is 0 Å². The lowest BCUT2D eigenvalue weighted by Crippen LogP contribution is -2.47. The van der Waals surface area contributed by atoms with Crippen molar-refractivity contribution >= 4 is 5.91 Å². The minimum absolute atomic E-state index is 0.0351. The lowest BCUT2D eigenvalue weighted by molar-refractivity contribution is 0.0412. The molecule has 3 aliphatic rings. The highest BCUT2D eigenvalue weighted by atomic mass is 19.1. The Morgan fingerprint density at radius 1 is 1.24 bits per heavy atom. The van der Waals surface area contributed by atoms with Crippen molar-refractivity contribution in [3.63, 3.8) is 0 Å². The van der Waals surface area contributed by atoms with Crippen molar-refractivity contribution in [2.24, 2.45) is 5.41 Å². The molecule has 112 valence electrons. The van der Waals surface area contributed by atoms with Gasteiger partial charge in [0, 0.05) is 18.7 Å². The third kappa shape index (κ3) is 2.46. The number of piperidine rings is 1. The Kier molecular flexibility index (Phi) is 3.03. The van der Waals surface area contributed by atoms with Crippen LogP contribution in [0.3, 0.4) is 0 Å². The van der Waals surface area contributed by atoms with Crippen molar-refractivity contribution in [2.75, 3.05) is 13.1 Å². The van der Waals surface area contributed by atoms with Crippen molar-refractivity contribution in [2.45, 2.75) is 44.3 Å². The summed E-state index contributed by atoms with van der Waals surface area (Å²) in [6.45, 7) is 1.64. The molecular weight excluding hydrogens is 269 g/mol. The molecule has 0 aromatic heterocycles. The van der Waals surface area contributed by atoms with Crippen LogP contribution in [-0.2, 0) is 4.74 Å². The largest absolute Gasteiger partial charge is 0.370 e. The molecule has 0 N–H and O–H groups in total. The molecule has 1 saturated carbocycles. The predicted octanol–water partition coefficient (Wildman–Crippen LogP) is 3.00. The molecule has 1 spiro atoms. The van der Waals surface area contributed by atoms with E-state index >= 15 is 0 Å². The van der Waals surface area contributed by atoms with Gasteiger partial charge in [-0.1, -0.05) is 0 Å². The van der Waals surface area contributed by atoms with E-state index in [0.717, 1.165) is 32.4 Å². The first-order valence-electron chi connectivity index (χ1n) is 7.86. The molecule has 0 unspecified atom stereocenters. The molecule has 1 amide bonds. The highest BCUT2D eigenvalue weighted by molar-refractivity contribution is 5.94. The quantitative estimate of drug-likeness (QED) is 0.745. The fourth-order valence-corrected chi connectivity index (χ4v) is 4.12. The predicted molar refractivity (Wildman–Crippen MR) is 76.5 cm³/mol. The summed E-state index contributed by atoms with van der Waals surface area (Å²) in [6.07, 6.45) is 6.62. The third-order valence-electron chi connectivity index (χ3n) is 5.32. The number of ether oxygens (including phenoxy) is 1. The molecule has 3 fully saturated rings. The van der Waals surface area contributed by atoms with Gasteiger partial charge in [-0.05, 0) is 61.8 Å². The van der Waals surface area contributed by atoms with Gasteiger partial charge in [-0.25, -0.2) is 4.39 Å². The van der Waals surface area contributed by atoms with Crippen LogP contribution in [0.4, 0.5) is 4.39 Å². The fourth-order valence-electron chi connectivity index (χ4n) is 4.12. The number of halogens is 1. The Labute approximate surface area is 124 Å². The Balaban J connectivity index is 1.49. The molecule has 0 radical (unpaired) electrons. The number of fused-ring (bicyclic) bond motifs is 1. The summed E-state index contributed by atoms with van der Waals surface area (Å²) in [5.41, 5.74) is 0.843. The maximum Gasteiger partial charge on any atom is 0.253 e. The van der Waals surface area contributed by atoms with E-state index in [1.807, 2.05) is 4.90 Å². The average molecular weight is 289 g/mol. The summed E-state index contributed by atoms with van der Waals surface area (Å²) in [4.78, 5) is 14.6. The number of hydrogen-bond acceptors (Lipinski definition) is 2. The molecule has 2 saturated heterocycles. The van der Waals surface area contributed by atoms with Crippen molar-refractivity contribution in [3.05, 3.63) is 35.6 Å².